The molecule has 0 spiro atoms. The molecule has 0 aromatic carbocycles. The third kappa shape index (κ3) is 26.4. The molecule has 0 aromatic heterocycles. The van der Waals surface area contributed by atoms with Crippen molar-refractivity contribution < 1.29 is 63.0 Å². The lowest BCUT2D eigenvalue weighted by Crippen LogP contribution is -2.64. The van der Waals surface area contributed by atoms with Gasteiger partial charge in [-0.1, -0.05) is 116 Å². The minimum absolute atomic E-state index is 0.0000999. The molecular formula is C70H128N12O13S. The predicted molar refractivity (Wildman–Crippen MR) is 378 cm³/mol. The second kappa shape index (κ2) is 39.7. The molecule has 1 heterocycles. The Hall–Kier alpha value is -5.86. The van der Waals surface area contributed by atoms with Crippen LogP contribution in [0.15, 0.2) is 12.2 Å². The molecule has 96 heavy (non-hydrogen) atoms. The van der Waals surface area contributed by atoms with Gasteiger partial charge in [0.05, 0.1) is 11.7 Å². The number of thioether (sulfide) groups is 1. The standard InChI is InChI=1S/C70H128N12O13S/c1-28-30-31-45(13)57(83)56-61(87)74-48(29-2)63(89)80(25)53(38-96-33-32-71-39-69(16,17)18)66(92)79(24)52(37-70(19,20)95)60(86)75-54(43(9)10)67(93)76(21)49(34-40(3)4)59(85)72-46(14)58(84)73-47(15)62(88)77(22)50(35-41(5)6)64(90)78(23)51(36-42(7)8)65(91)81(26)55(44(11)12)68(94)82(56)27/h28,30,40-57,71,83,95H,29,31-39H2,1-27H3,(H,72,85)(H,73,84)(H,74,87)(H,75,86)/b30-28+/t45-,46+,47-,48+,49+,50+,51+,52+,53-,54+,55+,56+,57-/m1/s1. The molecule has 1 rings (SSSR count). The van der Waals surface area contributed by atoms with Gasteiger partial charge in [-0.15, -0.1) is 0 Å². The summed E-state index contributed by atoms with van der Waals surface area (Å²) in [6.07, 6.45) is 2.34. The summed E-state index contributed by atoms with van der Waals surface area (Å²) in [5.74, 6) is -9.82. The highest BCUT2D eigenvalue weighted by molar-refractivity contribution is 7.99. The van der Waals surface area contributed by atoms with E-state index in [2.05, 4.69) is 47.4 Å². The smallest absolute Gasteiger partial charge is 0.246 e. The molecule has 25 nitrogen and oxygen atoms in total. The average molecular weight is 1380 g/mol. The lowest BCUT2D eigenvalue weighted by Gasteiger charge is -2.41. The van der Waals surface area contributed by atoms with E-state index in [0.29, 0.717) is 18.8 Å². The van der Waals surface area contributed by atoms with Crippen molar-refractivity contribution in [1.82, 2.24) is 60.9 Å². The van der Waals surface area contributed by atoms with Gasteiger partial charge in [-0.25, -0.2) is 0 Å². The van der Waals surface area contributed by atoms with Gasteiger partial charge in [-0.05, 0) is 108 Å². The Kier molecular flexibility index (Phi) is 36.4. The third-order valence-electron chi connectivity index (χ3n) is 17.7. The van der Waals surface area contributed by atoms with Crippen molar-refractivity contribution in [2.45, 2.75) is 255 Å². The van der Waals surface area contributed by atoms with Crippen LogP contribution in [0.1, 0.15) is 177 Å². The van der Waals surface area contributed by atoms with Crippen LogP contribution in [-0.2, 0) is 52.7 Å². The van der Waals surface area contributed by atoms with E-state index in [0.717, 1.165) is 9.80 Å². The summed E-state index contributed by atoms with van der Waals surface area (Å²) in [6, 6.07) is -14.4. The number of amides is 11. The first-order chi connectivity index (χ1) is 44.1. The number of rotatable bonds is 21. The number of nitrogens with zero attached hydrogens (tertiary/aromatic N) is 7. The molecule has 11 amide bonds. The van der Waals surface area contributed by atoms with Crippen LogP contribution in [0, 0.1) is 40.9 Å². The van der Waals surface area contributed by atoms with Crippen LogP contribution in [0.4, 0.5) is 0 Å². The number of hydrogen-bond acceptors (Lipinski definition) is 15. The summed E-state index contributed by atoms with van der Waals surface area (Å²) in [7, 11) is 9.87. The molecule has 1 aliphatic heterocycles. The van der Waals surface area contributed by atoms with E-state index in [1.54, 1.807) is 60.6 Å². The van der Waals surface area contributed by atoms with E-state index in [1.165, 1.54) is 113 Å². The van der Waals surface area contributed by atoms with E-state index in [-0.39, 0.29) is 67.4 Å². The Labute approximate surface area is 580 Å². The number of aliphatic hydroxyl groups excluding tert-OH is 1. The van der Waals surface area contributed by atoms with Crippen LogP contribution in [0.2, 0.25) is 0 Å². The van der Waals surface area contributed by atoms with Crippen molar-refractivity contribution in [3.8, 4) is 0 Å². The highest BCUT2D eigenvalue weighted by Crippen LogP contribution is 2.27. The Balaban J connectivity index is 4.58. The number of likely N-dealkylation sites (N-methyl/N-ethyl adjacent to an activating group) is 7. The minimum atomic E-state index is -1.66. The van der Waals surface area contributed by atoms with Crippen molar-refractivity contribution in [3.63, 3.8) is 0 Å². The van der Waals surface area contributed by atoms with Crippen LogP contribution in [-0.4, -0.2) is 262 Å². The summed E-state index contributed by atoms with van der Waals surface area (Å²) in [4.78, 5) is 173. The monoisotopic (exact) mass is 1380 g/mol. The lowest BCUT2D eigenvalue weighted by molar-refractivity contribution is -0.157. The SMILES string of the molecule is C/C=C/C[C@@H](C)[C@@H](O)[C@H]1C(=O)N[C@@H](CC)C(=O)N(C)[C@H](CSCCNCC(C)(C)C)C(=O)N(C)[C@@H](CC(C)(C)O)C(=O)N[C@@H](C(C)C)C(=O)N(C)[C@@H](CC(C)C)C(=O)N[C@@H](C)C(=O)N[C@H](C)C(=O)N(C)[C@@H](CC(C)C)C(=O)N(C)[C@@H](CC(C)C)C(=O)N(C)[C@@H](C(C)C)C(=O)N1C. The number of allylic oxidation sites excluding steroid dienone is 2. The second-order valence-electron chi connectivity index (χ2n) is 30.5. The van der Waals surface area contributed by atoms with Crippen molar-refractivity contribution in [1.29, 1.82) is 0 Å². The molecule has 1 saturated heterocycles. The van der Waals surface area contributed by atoms with Crippen molar-refractivity contribution in [2.24, 2.45) is 40.9 Å². The first-order valence-corrected chi connectivity index (χ1v) is 35.7. The number of aliphatic hydroxyl groups is 2. The van der Waals surface area contributed by atoms with Gasteiger partial charge in [0.25, 0.3) is 0 Å². The largest absolute Gasteiger partial charge is 0.390 e. The van der Waals surface area contributed by atoms with Crippen LogP contribution in [0.25, 0.3) is 0 Å². The van der Waals surface area contributed by atoms with Crippen LogP contribution < -0.4 is 26.6 Å². The van der Waals surface area contributed by atoms with Gasteiger partial charge in [-0.3, -0.25) is 52.7 Å². The Morgan fingerprint density at radius 3 is 1.42 bits per heavy atom. The van der Waals surface area contributed by atoms with E-state index in [4.69, 9.17) is 0 Å². The van der Waals surface area contributed by atoms with Gasteiger partial charge < -0.3 is 71.1 Å². The summed E-state index contributed by atoms with van der Waals surface area (Å²) in [5.41, 5.74) is -1.62. The Morgan fingerprint density at radius 2 is 0.948 bits per heavy atom. The zero-order valence-corrected chi connectivity index (χ0v) is 64.4. The molecule has 0 unspecified atom stereocenters. The second-order valence-corrected chi connectivity index (χ2v) is 31.7. The molecule has 0 radical (unpaired) electrons. The maximum Gasteiger partial charge on any atom is 0.246 e. The van der Waals surface area contributed by atoms with E-state index >= 15 is 28.8 Å². The molecular weight excluding hydrogens is 1250 g/mol. The highest BCUT2D eigenvalue weighted by Gasteiger charge is 2.47. The normalized spacial score (nSPS) is 26.3. The van der Waals surface area contributed by atoms with Gasteiger partial charge in [0, 0.05) is 80.3 Å². The highest BCUT2D eigenvalue weighted by atomic mass is 32.2. The first-order valence-electron chi connectivity index (χ1n) is 34.5. The fourth-order valence-corrected chi connectivity index (χ4v) is 12.8. The molecule has 13 atom stereocenters. The fraction of sp³-hybridized carbons (Fsp3) is 0.814. The molecule has 0 aromatic rings. The summed E-state index contributed by atoms with van der Waals surface area (Å²) in [6.45, 7) is 36.5. The van der Waals surface area contributed by atoms with Gasteiger partial charge in [-0.2, -0.15) is 11.8 Å². The number of hydrogen-bond donors (Lipinski definition) is 7. The minimum Gasteiger partial charge on any atom is -0.390 e. The predicted octanol–water partition coefficient (Wildman–Crippen LogP) is 4.12. The molecule has 1 aliphatic rings. The van der Waals surface area contributed by atoms with E-state index in [1.807, 2.05) is 41.5 Å². The zero-order valence-electron chi connectivity index (χ0n) is 63.5. The maximum absolute atomic E-state index is 15.4. The van der Waals surface area contributed by atoms with Gasteiger partial charge in [0.1, 0.15) is 66.5 Å². The molecule has 26 heteroatoms. The summed E-state index contributed by atoms with van der Waals surface area (Å²) < 4.78 is 0. The number of nitrogens with one attached hydrogen (secondary N) is 5. The molecule has 552 valence electrons. The van der Waals surface area contributed by atoms with Crippen molar-refractivity contribution in [3.05, 3.63) is 12.2 Å². The Bertz CT molecular complexity index is 2630. The van der Waals surface area contributed by atoms with Crippen molar-refractivity contribution in [2.75, 3.05) is 73.9 Å². The Morgan fingerprint density at radius 1 is 0.510 bits per heavy atom. The third-order valence-corrected chi connectivity index (χ3v) is 18.8. The fourth-order valence-electron chi connectivity index (χ4n) is 11.8. The maximum atomic E-state index is 15.4. The van der Waals surface area contributed by atoms with Crippen LogP contribution >= 0.6 is 11.8 Å². The molecule has 0 aliphatic carbocycles. The lowest BCUT2D eigenvalue weighted by atomic mass is 9.91. The van der Waals surface area contributed by atoms with E-state index in [9.17, 15) is 34.2 Å². The molecule has 1 fully saturated rings. The molecule has 0 saturated carbocycles. The summed E-state index contributed by atoms with van der Waals surface area (Å²) in [5, 5.41) is 38.2. The van der Waals surface area contributed by atoms with Gasteiger partial charge in [0.15, 0.2) is 0 Å². The zero-order chi connectivity index (χ0) is 74.5. The number of carbonyl (C=O) groups is 11. The quantitative estimate of drug-likeness (QED) is 0.0628. The van der Waals surface area contributed by atoms with Crippen LogP contribution in [0.3, 0.4) is 0 Å². The van der Waals surface area contributed by atoms with Crippen molar-refractivity contribution >= 4 is 76.7 Å². The van der Waals surface area contributed by atoms with Crippen LogP contribution in [0.5, 0.6) is 0 Å². The average Bonchev–Trinajstić information content (AvgIpc) is 0.818. The first kappa shape index (κ1) is 88.2. The summed E-state index contributed by atoms with van der Waals surface area (Å²) >= 11 is 1.36. The van der Waals surface area contributed by atoms with Gasteiger partial charge in [0.2, 0.25) is 65.0 Å². The van der Waals surface area contributed by atoms with Gasteiger partial charge >= 0.3 is 0 Å². The molecule has 0 bridgehead atoms. The van der Waals surface area contributed by atoms with E-state index < -0.39 is 161 Å². The molecule has 7 N–H and O–H groups in total. The topological polar surface area (TPSA) is 311 Å². The number of carbonyl (C=O) groups excluding carboxylic acids is 11.